The summed E-state index contributed by atoms with van der Waals surface area (Å²) in [5.41, 5.74) is 3.78. The van der Waals surface area contributed by atoms with E-state index in [0.29, 0.717) is 43.4 Å². The van der Waals surface area contributed by atoms with Gasteiger partial charge >= 0.3 is 6.03 Å². The predicted molar refractivity (Wildman–Crippen MR) is 83.8 cm³/mol. The molecular weight excluding hydrogens is 300 g/mol. The number of carbonyl (C=O) groups is 2. The van der Waals surface area contributed by atoms with E-state index >= 15 is 0 Å². The average molecular weight is 318 g/mol. The first-order valence-corrected chi connectivity index (χ1v) is 7.42. The van der Waals surface area contributed by atoms with Crippen molar-refractivity contribution in [2.75, 3.05) is 25.1 Å². The van der Waals surface area contributed by atoms with Crippen molar-refractivity contribution in [3.8, 4) is 11.5 Å². The molecule has 0 fully saturated rings. The molecule has 3 amide bonds. The lowest BCUT2D eigenvalue weighted by atomic mass is 10.0. The fourth-order valence-corrected chi connectivity index (χ4v) is 2.46. The maximum absolute atomic E-state index is 11.9. The van der Waals surface area contributed by atoms with Gasteiger partial charge in [-0.1, -0.05) is 0 Å². The van der Waals surface area contributed by atoms with Gasteiger partial charge in [-0.15, -0.1) is 0 Å². The maximum Gasteiger partial charge on any atom is 0.319 e. The Hall–Kier alpha value is -2.77. The van der Waals surface area contributed by atoms with E-state index in [9.17, 15) is 9.59 Å². The van der Waals surface area contributed by atoms with Crippen LogP contribution in [0.3, 0.4) is 0 Å². The molecule has 3 N–H and O–H groups in total. The van der Waals surface area contributed by atoms with Gasteiger partial charge in [-0.05, 0) is 25.5 Å². The summed E-state index contributed by atoms with van der Waals surface area (Å²) >= 11 is 0. The fourth-order valence-electron chi connectivity index (χ4n) is 2.46. The van der Waals surface area contributed by atoms with Crippen LogP contribution < -0.4 is 25.5 Å². The van der Waals surface area contributed by atoms with Crippen molar-refractivity contribution in [1.29, 1.82) is 0 Å². The van der Waals surface area contributed by atoms with Crippen molar-refractivity contribution in [3.05, 3.63) is 18.2 Å². The highest BCUT2D eigenvalue weighted by Crippen LogP contribution is 2.32. The van der Waals surface area contributed by atoms with Gasteiger partial charge in [0.15, 0.2) is 11.5 Å². The molecule has 0 spiro atoms. The smallest absolute Gasteiger partial charge is 0.319 e. The zero-order valence-electron chi connectivity index (χ0n) is 12.7. The summed E-state index contributed by atoms with van der Waals surface area (Å²) in [5, 5.41) is 9.31. The van der Waals surface area contributed by atoms with Gasteiger partial charge in [0.25, 0.3) is 0 Å². The summed E-state index contributed by atoms with van der Waals surface area (Å²) in [6, 6.07) is 4.88. The summed E-state index contributed by atoms with van der Waals surface area (Å²) in [7, 11) is 0. The van der Waals surface area contributed by atoms with Crippen LogP contribution in [0.5, 0.6) is 11.5 Å². The molecule has 23 heavy (non-hydrogen) atoms. The second-order valence-electron chi connectivity index (χ2n) is 5.31. The van der Waals surface area contributed by atoms with Crippen LogP contribution in [-0.4, -0.2) is 37.4 Å². The van der Waals surface area contributed by atoms with Crippen LogP contribution in [0, 0.1) is 5.92 Å². The molecule has 8 nitrogen and oxygen atoms in total. The largest absolute Gasteiger partial charge is 0.486 e. The van der Waals surface area contributed by atoms with Gasteiger partial charge in [-0.2, -0.15) is 5.10 Å². The molecule has 0 aliphatic carbocycles. The van der Waals surface area contributed by atoms with Crippen molar-refractivity contribution < 1.29 is 19.1 Å². The molecule has 122 valence electrons. The average Bonchev–Trinajstić information content (AvgIpc) is 2.86. The van der Waals surface area contributed by atoms with Gasteiger partial charge in [0.05, 0.1) is 5.92 Å². The second kappa shape index (κ2) is 6.55. The molecule has 8 heteroatoms. The number of amides is 3. The number of carbonyl (C=O) groups excluding carboxylic acids is 2. The van der Waals surface area contributed by atoms with Crippen molar-refractivity contribution >= 4 is 23.3 Å². The molecule has 0 aromatic heterocycles. The Balaban J connectivity index is 1.48. The van der Waals surface area contributed by atoms with Gasteiger partial charge in [-0.25, -0.2) is 10.2 Å². The Morgan fingerprint density at radius 1 is 1.35 bits per heavy atom. The predicted octanol–water partition coefficient (Wildman–Crippen LogP) is 1.09. The van der Waals surface area contributed by atoms with E-state index in [1.165, 1.54) is 0 Å². The van der Waals surface area contributed by atoms with Crippen LogP contribution in [0.15, 0.2) is 23.3 Å². The number of fused-ring (bicyclic) bond motifs is 1. The lowest BCUT2D eigenvalue weighted by Gasteiger charge is -2.19. The molecule has 1 aromatic rings. The third-order valence-corrected chi connectivity index (χ3v) is 3.68. The summed E-state index contributed by atoms with van der Waals surface area (Å²) in [6.07, 6.45) is 0.510. The van der Waals surface area contributed by atoms with E-state index in [2.05, 4.69) is 21.2 Å². The van der Waals surface area contributed by atoms with Crippen molar-refractivity contribution in [3.63, 3.8) is 0 Å². The normalized spacial score (nSPS) is 18.9. The van der Waals surface area contributed by atoms with Crippen LogP contribution in [0.25, 0.3) is 0 Å². The Morgan fingerprint density at radius 2 is 2.13 bits per heavy atom. The number of benzene rings is 1. The molecular formula is C15H18N4O4. The van der Waals surface area contributed by atoms with Crippen LogP contribution in [-0.2, 0) is 4.79 Å². The number of rotatable bonds is 4. The molecule has 3 rings (SSSR count). The number of ether oxygens (including phenoxy) is 2. The minimum absolute atomic E-state index is 0.128. The molecule has 0 bridgehead atoms. The lowest BCUT2D eigenvalue weighted by molar-refractivity contribution is -0.122. The Kier molecular flexibility index (Phi) is 4.31. The third kappa shape index (κ3) is 3.53. The third-order valence-electron chi connectivity index (χ3n) is 3.68. The molecule has 2 aliphatic rings. The van der Waals surface area contributed by atoms with Gasteiger partial charge < -0.3 is 20.1 Å². The molecule has 1 aromatic carbocycles. The number of hydrazone groups is 1. The quantitative estimate of drug-likeness (QED) is 0.773. The second-order valence-corrected chi connectivity index (χ2v) is 5.31. The monoisotopic (exact) mass is 318 g/mol. The topological polar surface area (TPSA) is 101 Å². The first kappa shape index (κ1) is 15.1. The zero-order chi connectivity index (χ0) is 16.2. The van der Waals surface area contributed by atoms with E-state index < -0.39 is 0 Å². The first-order chi connectivity index (χ1) is 11.1. The SMILES string of the molecule is CC1=NNC(=O)[C@H]1CCNC(=O)Nc1ccc2c(c1)OCCO2. The maximum atomic E-state index is 11.9. The van der Waals surface area contributed by atoms with E-state index in [1.807, 2.05) is 0 Å². The summed E-state index contributed by atoms with van der Waals surface area (Å²) in [5.74, 6) is 0.883. The van der Waals surface area contributed by atoms with Crippen LogP contribution >= 0.6 is 0 Å². The van der Waals surface area contributed by atoms with Gasteiger partial charge in [-0.3, -0.25) is 4.79 Å². The summed E-state index contributed by atoms with van der Waals surface area (Å²) in [4.78, 5) is 23.4. The fraction of sp³-hybridized carbons (Fsp3) is 0.400. The summed E-state index contributed by atoms with van der Waals surface area (Å²) < 4.78 is 10.9. The highest BCUT2D eigenvalue weighted by molar-refractivity contribution is 6.06. The lowest BCUT2D eigenvalue weighted by Crippen LogP contribution is -2.33. The number of hydrogen-bond acceptors (Lipinski definition) is 5. The molecule has 2 heterocycles. The number of urea groups is 1. The van der Waals surface area contributed by atoms with Crippen LogP contribution in [0.1, 0.15) is 13.3 Å². The van der Waals surface area contributed by atoms with Gasteiger partial charge in [0, 0.05) is 24.0 Å². The Labute approximate surface area is 133 Å². The minimum atomic E-state index is -0.338. The van der Waals surface area contributed by atoms with Crippen molar-refractivity contribution in [2.24, 2.45) is 11.0 Å². The molecule has 0 radical (unpaired) electrons. The Morgan fingerprint density at radius 3 is 2.87 bits per heavy atom. The highest BCUT2D eigenvalue weighted by atomic mass is 16.6. The standard InChI is InChI=1S/C15H18N4O4/c1-9-11(14(20)19-18-9)4-5-16-15(21)17-10-2-3-12-13(8-10)23-7-6-22-12/h2-3,8,11H,4-7H2,1H3,(H,19,20)(H2,16,17,21)/t11-/m0/s1. The number of nitrogens with one attached hydrogen (secondary N) is 3. The molecule has 1 atom stereocenters. The molecule has 0 unspecified atom stereocenters. The molecule has 2 aliphatic heterocycles. The zero-order valence-corrected chi connectivity index (χ0v) is 12.7. The van der Waals surface area contributed by atoms with Crippen LogP contribution in [0.4, 0.5) is 10.5 Å². The number of nitrogens with zero attached hydrogens (tertiary/aromatic N) is 1. The van der Waals surface area contributed by atoms with E-state index in [4.69, 9.17) is 9.47 Å². The van der Waals surface area contributed by atoms with Gasteiger partial charge in [0.2, 0.25) is 5.91 Å². The highest BCUT2D eigenvalue weighted by Gasteiger charge is 2.26. The van der Waals surface area contributed by atoms with Crippen molar-refractivity contribution in [2.45, 2.75) is 13.3 Å². The van der Waals surface area contributed by atoms with E-state index in [-0.39, 0.29) is 17.9 Å². The first-order valence-electron chi connectivity index (χ1n) is 7.42. The van der Waals surface area contributed by atoms with Crippen LogP contribution in [0.2, 0.25) is 0 Å². The number of anilines is 1. The Bertz CT molecular complexity index is 659. The van der Waals surface area contributed by atoms with Crippen molar-refractivity contribution in [1.82, 2.24) is 10.7 Å². The van der Waals surface area contributed by atoms with Gasteiger partial charge in [0.1, 0.15) is 13.2 Å². The molecule has 0 saturated heterocycles. The number of hydrogen-bond donors (Lipinski definition) is 3. The van der Waals surface area contributed by atoms with E-state index in [1.54, 1.807) is 25.1 Å². The minimum Gasteiger partial charge on any atom is -0.486 e. The van der Waals surface area contributed by atoms with E-state index in [0.717, 1.165) is 5.71 Å². The summed E-state index contributed by atoms with van der Waals surface area (Å²) in [6.45, 7) is 3.18. The molecule has 0 saturated carbocycles.